The Bertz CT molecular complexity index is 1110. The third-order valence-corrected chi connectivity index (χ3v) is 7.02. The Balaban J connectivity index is 1.55. The van der Waals surface area contributed by atoms with Crippen molar-refractivity contribution in [2.45, 2.75) is 36.0 Å². The van der Waals surface area contributed by atoms with Crippen LogP contribution in [0.5, 0.6) is 0 Å². The Kier molecular flexibility index (Phi) is 4.29. The summed E-state index contributed by atoms with van der Waals surface area (Å²) in [5.41, 5.74) is 7.20. The van der Waals surface area contributed by atoms with Gasteiger partial charge in [0.25, 0.3) is 11.5 Å². The van der Waals surface area contributed by atoms with E-state index in [9.17, 15) is 18.0 Å². The van der Waals surface area contributed by atoms with Gasteiger partial charge in [-0.3, -0.25) is 14.6 Å². The number of hydrogen-bond donors (Lipinski definition) is 2. The molecule has 1 aliphatic carbocycles. The summed E-state index contributed by atoms with van der Waals surface area (Å²) in [5.74, 6) is -0.0573. The van der Waals surface area contributed by atoms with Gasteiger partial charge in [0.15, 0.2) is 9.84 Å². The first kappa shape index (κ1) is 18.7. The lowest BCUT2D eigenvalue weighted by atomic mass is 9.76. The molecule has 1 fully saturated rings. The summed E-state index contributed by atoms with van der Waals surface area (Å²) in [5, 5.41) is 0. The van der Waals surface area contributed by atoms with E-state index in [1.54, 1.807) is 17.0 Å². The number of nitrogens with one attached hydrogen (secondary N) is 1. The number of carbonyl (C=O) groups excluding carboxylic acids is 1. The number of amides is 1. The van der Waals surface area contributed by atoms with E-state index in [1.807, 2.05) is 0 Å². The molecule has 4 rings (SSSR count). The van der Waals surface area contributed by atoms with E-state index in [0.717, 1.165) is 18.4 Å². The van der Waals surface area contributed by atoms with Gasteiger partial charge in [0.05, 0.1) is 10.6 Å². The second kappa shape index (κ2) is 6.44. The Morgan fingerprint density at radius 1 is 1.25 bits per heavy atom. The third-order valence-electron chi connectivity index (χ3n) is 5.91. The summed E-state index contributed by atoms with van der Waals surface area (Å²) < 4.78 is 23.5. The molecule has 8 nitrogen and oxygen atoms in total. The lowest BCUT2D eigenvalue weighted by Gasteiger charge is -2.39. The van der Waals surface area contributed by atoms with Crippen LogP contribution in [0.25, 0.3) is 0 Å². The predicted molar refractivity (Wildman–Crippen MR) is 104 cm³/mol. The number of H-pyrrole nitrogens is 1. The largest absolute Gasteiger partial charge is 0.369 e. The summed E-state index contributed by atoms with van der Waals surface area (Å²) >= 11 is 0. The summed E-state index contributed by atoms with van der Waals surface area (Å²) in [6.45, 7) is 1.05. The number of likely N-dealkylation sites (tertiary alicyclic amines) is 1. The first-order chi connectivity index (χ1) is 13.2. The molecule has 1 aliphatic heterocycles. The summed E-state index contributed by atoms with van der Waals surface area (Å²) in [4.78, 5) is 33.9. The zero-order valence-electron chi connectivity index (χ0n) is 15.6. The maximum atomic E-state index is 12.9. The normalized spacial score (nSPS) is 18.2. The zero-order valence-corrected chi connectivity index (χ0v) is 16.4. The lowest BCUT2D eigenvalue weighted by Crippen LogP contribution is -2.45. The topological polar surface area (TPSA) is 126 Å². The molecule has 1 aromatic heterocycles. The highest BCUT2D eigenvalue weighted by Gasteiger charge is 2.44. The van der Waals surface area contributed by atoms with Crippen molar-refractivity contribution in [1.82, 2.24) is 14.9 Å². The highest BCUT2D eigenvalue weighted by atomic mass is 32.2. The van der Waals surface area contributed by atoms with Crippen LogP contribution in [-0.4, -0.2) is 48.5 Å². The van der Waals surface area contributed by atoms with Crippen LogP contribution < -0.4 is 11.3 Å². The van der Waals surface area contributed by atoms with Gasteiger partial charge in [-0.15, -0.1) is 0 Å². The maximum Gasteiger partial charge on any atom is 0.255 e. The average molecular weight is 402 g/mol. The molecule has 0 bridgehead atoms. The van der Waals surface area contributed by atoms with Gasteiger partial charge >= 0.3 is 0 Å². The Morgan fingerprint density at radius 2 is 1.96 bits per heavy atom. The zero-order chi connectivity index (χ0) is 20.1. The molecular weight excluding hydrogens is 380 g/mol. The molecule has 1 amide bonds. The number of piperidine rings is 1. The quantitative estimate of drug-likeness (QED) is 0.768. The number of carbonyl (C=O) groups is 1. The number of fused-ring (bicyclic) bond motifs is 2. The highest BCUT2D eigenvalue weighted by Crippen LogP contribution is 2.44. The molecule has 0 atom stereocenters. The van der Waals surface area contributed by atoms with Gasteiger partial charge in [-0.1, -0.05) is 6.07 Å². The number of aromatic nitrogens is 2. The summed E-state index contributed by atoms with van der Waals surface area (Å²) in [6, 6.07) is 6.13. The van der Waals surface area contributed by atoms with Gasteiger partial charge in [0.1, 0.15) is 0 Å². The van der Waals surface area contributed by atoms with Crippen molar-refractivity contribution in [2.75, 3.05) is 25.1 Å². The molecule has 1 saturated heterocycles. The van der Waals surface area contributed by atoms with Crippen LogP contribution in [0, 0.1) is 0 Å². The van der Waals surface area contributed by atoms with Gasteiger partial charge in [-0.05, 0) is 43.9 Å². The van der Waals surface area contributed by atoms with Gasteiger partial charge in [0.2, 0.25) is 5.95 Å². The number of nitrogens with two attached hydrogens (primary N) is 1. The second-order valence-corrected chi connectivity index (χ2v) is 9.67. The van der Waals surface area contributed by atoms with Crippen LogP contribution in [0.3, 0.4) is 0 Å². The number of aromatic amines is 1. The van der Waals surface area contributed by atoms with E-state index in [1.165, 1.54) is 12.1 Å². The molecule has 2 aromatic rings. The van der Waals surface area contributed by atoms with Crippen molar-refractivity contribution in [3.05, 3.63) is 51.4 Å². The van der Waals surface area contributed by atoms with E-state index in [-0.39, 0.29) is 27.7 Å². The van der Waals surface area contributed by atoms with Crippen LogP contribution in [-0.2, 0) is 21.7 Å². The van der Waals surface area contributed by atoms with E-state index >= 15 is 0 Å². The van der Waals surface area contributed by atoms with E-state index in [2.05, 4.69) is 9.97 Å². The number of rotatable bonds is 2. The van der Waals surface area contributed by atoms with Crippen LogP contribution in [0.4, 0.5) is 5.95 Å². The van der Waals surface area contributed by atoms with Crippen molar-refractivity contribution in [3.8, 4) is 0 Å². The fraction of sp³-hybridized carbons (Fsp3) is 0.421. The molecule has 0 radical (unpaired) electrons. The van der Waals surface area contributed by atoms with Gasteiger partial charge < -0.3 is 10.6 Å². The minimum absolute atomic E-state index is 0.126. The van der Waals surface area contributed by atoms with Crippen molar-refractivity contribution >= 4 is 21.7 Å². The third kappa shape index (κ3) is 3.09. The Morgan fingerprint density at radius 3 is 2.64 bits per heavy atom. The minimum atomic E-state index is -3.37. The molecule has 1 aromatic carbocycles. The molecule has 3 N–H and O–H groups in total. The van der Waals surface area contributed by atoms with Crippen LogP contribution >= 0.6 is 0 Å². The maximum absolute atomic E-state index is 12.9. The molecule has 0 unspecified atom stereocenters. The number of nitrogens with zero attached hydrogens (tertiary/aromatic N) is 2. The van der Waals surface area contributed by atoms with E-state index in [4.69, 9.17) is 5.73 Å². The van der Waals surface area contributed by atoms with Gasteiger partial charge in [-0.2, -0.15) is 0 Å². The summed E-state index contributed by atoms with van der Waals surface area (Å²) in [6.07, 6.45) is 4.02. The molecular formula is C19H22N4O4S. The monoisotopic (exact) mass is 402 g/mol. The number of benzene rings is 1. The van der Waals surface area contributed by atoms with Crippen molar-refractivity contribution < 1.29 is 13.2 Å². The van der Waals surface area contributed by atoms with E-state index in [0.29, 0.717) is 43.5 Å². The molecule has 9 heteroatoms. The standard InChI is InChI=1S/C19H22N4O4S/c1-28(26,27)13-4-2-3-12(11-13)17(25)23-9-7-19(8-10-23)6-5-14-15(19)21-18(20)22-16(14)24/h2-4,11H,5-10H2,1H3,(H3,20,21,22,24). The highest BCUT2D eigenvalue weighted by molar-refractivity contribution is 7.90. The first-order valence-corrected chi connectivity index (χ1v) is 11.1. The average Bonchev–Trinajstić information content (AvgIpc) is 3.00. The molecule has 2 heterocycles. The van der Waals surface area contributed by atoms with Crippen molar-refractivity contribution in [2.24, 2.45) is 0 Å². The van der Waals surface area contributed by atoms with E-state index < -0.39 is 9.84 Å². The lowest BCUT2D eigenvalue weighted by molar-refractivity contribution is 0.0663. The minimum Gasteiger partial charge on any atom is -0.369 e. The number of anilines is 1. The van der Waals surface area contributed by atoms with Gasteiger partial charge in [-0.25, -0.2) is 13.4 Å². The Labute approximate surface area is 162 Å². The number of hydrogen-bond acceptors (Lipinski definition) is 6. The van der Waals surface area contributed by atoms with Gasteiger partial charge in [0, 0.05) is 35.9 Å². The summed E-state index contributed by atoms with van der Waals surface area (Å²) in [7, 11) is -3.37. The first-order valence-electron chi connectivity index (χ1n) is 9.18. The van der Waals surface area contributed by atoms with Crippen LogP contribution in [0.2, 0.25) is 0 Å². The smallest absolute Gasteiger partial charge is 0.255 e. The molecule has 148 valence electrons. The van der Waals surface area contributed by atoms with Crippen molar-refractivity contribution in [1.29, 1.82) is 0 Å². The second-order valence-electron chi connectivity index (χ2n) is 7.65. The van der Waals surface area contributed by atoms with Crippen LogP contribution in [0.1, 0.15) is 40.9 Å². The number of sulfone groups is 1. The molecule has 0 saturated carbocycles. The van der Waals surface area contributed by atoms with Crippen LogP contribution in [0.15, 0.2) is 34.0 Å². The predicted octanol–water partition coefficient (Wildman–Crippen LogP) is 0.876. The SMILES string of the molecule is CS(=O)(=O)c1cccc(C(=O)N2CCC3(CCc4c3nc(N)[nH]c4=O)CC2)c1. The van der Waals surface area contributed by atoms with Crippen molar-refractivity contribution in [3.63, 3.8) is 0 Å². The fourth-order valence-electron chi connectivity index (χ4n) is 4.34. The Hall–Kier alpha value is -2.68. The molecule has 28 heavy (non-hydrogen) atoms. The number of nitrogen functional groups attached to an aromatic ring is 1. The fourth-order valence-corrected chi connectivity index (χ4v) is 5.00. The molecule has 2 aliphatic rings. The molecule has 1 spiro atoms.